The quantitative estimate of drug-likeness (QED) is 0.719. The van der Waals surface area contributed by atoms with E-state index in [9.17, 15) is 0 Å². The molecule has 0 aliphatic rings. The number of benzene rings is 2. The van der Waals surface area contributed by atoms with Crippen LogP contribution in [0.3, 0.4) is 0 Å². The molecule has 0 spiro atoms. The van der Waals surface area contributed by atoms with Gasteiger partial charge < -0.3 is 11.1 Å². The van der Waals surface area contributed by atoms with Gasteiger partial charge in [0.05, 0.1) is 0 Å². The molecule has 0 amide bonds. The molecule has 106 valence electrons. The van der Waals surface area contributed by atoms with Gasteiger partial charge in [0.2, 0.25) is 0 Å². The van der Waals surface area contributed by atoms with Gasteiger partial charge in [0.15, 0.2) is 0 Å². The van der Waals surface area contributed by atoms with Crippen LogP contribution in [0.1, 0.15) is 37.3 Å². The molecule has 0 saturated heterocycles. The number of nitrogens with one attached hydrogen (secondary N) is 1. The lowest BCUT2D eigenvalue weighted by atomic mass is 10.1. The van der Waals surface area contributed by atoms with Crippen LogP contribution in [-0.2, 0) is 13.0 Å². The number of rotatable bonds is 7. The molecular formula is C18H24N2. The fourth-order valence-corrected chi connectivity index (χ4v) is 2.22. The Labute approximate surface area is 122 Å². The van der Waals surface area contributed by atoms with Gasteiger partial charge in [0.25, 0.3) is 0 Å². The molecule has 2 aromatic rings. The normalized spacial score (nSPS) is 10.5. The third-order valence-corrected chi connectivity index (χ3v) is 3.50. The second-order valence-electron chi connectivity index (χ2n) is 5.18. The van der Waals surface area contributed by atoms with Crippen molar-refractivity contribution in [1.82, 2.24) is 0 Å². The van der Waals surface area contributed by atoms with Gasteiger partial charge in [-0.15, -0.1) is 0 Å². The molecule has 0 fully saturated rings. The smallest absolute Gasteiger partial charge is 0.0384 e. The molecule has 0 saturated carbocycles. The Hall–Kier alpha value is -1.80. The van der Waals surface area contributed by atoms with Crippen LogP contribution in [0.2, 0.25) is 0 Å². The van der Waals surface area contributed by atoms with E-state index in [2.05, 4.69) is 60.8 Å². The molecule has 0 bridgehead atoms. The summed E-state index contributed by atoms with van der Waals surface area (Å²) in [6, 6.07) is 17.0. The van der Waals surface area contributed by atoms with E-state index < -0.39 is 0 Å². The lowest BCUT2D eigenvalue weighted by Gasteiger charge is -2.08. The Balaban J connectivity index is 1.92. The van der Waals surface area contributed by atoms with Crippen molar-refractivity contribution in [2.75, 3.05) is 5.32 Å². The first-order valence-electron chi connectivity index (χ1n) is 7.47. The molecule has 20 heavy (non-hydrogen) atoms. The van der Waals surface area contributed by atoms with Gasteiger partial charge in [-0.25, -0.2) is 0 Å². The minimum absolute atomic E-state index is 0.590. The third kappa shape index (κ3) is 4.39. The molecule has 0 aliphatic heterocycles. The Kier molecular flexibility index (Phi) is 5.63. The molecule has 2 rings (SSSR count). The van der Waals surface area contributed by atoms with E-state index in [4.69, 9.17) is 5.73 Å². The zero-order valence-electron chi connectivity index (χ0n) is 12.2. The summed E-state index contributed by atoms with van der Waals surface area (Å²) in [5.74, 6) is 0. The molecule has 2 nitrogen and oxygen atoms in total. The number of anilines is 2. The van der Waals surface area contributed by atoms with Gasteiger partial charge in [-0.3, -0.25) is 0 Å². The molecule has 0 aliphatic carbocycles. The van der Waals surface area contributed by atoms with Gasteiger partial charge in [0, 0.05) is 17.9 Å². The second-order valence-corrected chi connectivity index (χ2v) is 5.18. The predicted octanol–water partition coefficient (Wildman–Crippen LogP) is 4.62. The Morgan fingerprint density at radius 1 is 0.800 bits per heavy atom. The first-order chi connectivity index (χ1) is 9.81. The van der Waals surface area contributed by atoms with E-state index in [1.165, 1.54) is 31.2 Å². The van der Waals surface area contributed by atoms with Crippen molar-refractivity contribution in [2.45, 2.75) is 39.2 Å². The van der Waals surface area contributed by atoms with Crippen LogP contribution in [-0.4, -0.2) is 0 Å². The maximum absolute atomic E-state index is 5.60. The standard InChI is InChI=1S/C18H24N2/c1-2-3-4-5-15-6-10-17(11-7-15)20-18-12-8-16(14-19)9-13-18/h6-13,20H,2-5,14,19H2,1H3. The largest absolute Gasteiger partial charge is 0.356 e. The van der Waals surface area contributed by atoms with Gasteiger partial charge in [0.1, 0.15) is 0 Å². The summed E-state index contributed by atoms with van der Waals surface area (Å²) in [5.41, 5.74) is 10.4. The summed E-state index contributed by atoms with van der Waals surface area (Å²) in [7, 11) is 0. The number of hydrogen-bond donors (Lipinski definition) is 2. The number of hydrogen-bond acceptors (Lipinski definition) is 2. The minimum Gasteiger partial charge on any atom is -0.356 e. The molecule has 3 N–H and O–H groups in total. The van der Waals surface area contributed by atoms with Crippen LogP contribution in [0, 0.1) is 0 Å². The highest BCUT2D eigenvalue weighted by Crippen LogP contribution is 2.18. The zero-order valence-corrected chi connectivity index (χ0v) is 12.2. The molecule has 2 aromatic carbocycles. The first kappa shape index (κ1) is 14.6. The topological polar surface area (TPSA) is 38.0 Å². The van der Waals surface area contributed by atoms with Crippen LogP contribution in [0.5, 0.6) is 0 Å². The number of aryl methyl sites for hydroxylation is 1. The summed E-state index contributed by atoms with van der Waals surface area (Å²) in [6.07, 6.45) is 5.05. The molecule has 0 unspecified atom stereocenters. The second kappa shape index (κ2) is 7.71. The van der Waals surface area contributed by atoms with Crippen molar-refractivity contribution in [3.8, 4) is 0 Å². The van der Waals surface area contributed by atoms with Crippen molar-refractivity contribution < 1.29 is 0 Å². The molecule has 0 heterocycles. The monoisotopic (exact) mass is 268 g/mol. The zero-order chi connectivity index (χ0) is 14.2. The highest BCUT2D eigenvalue weighted by Gasteiger charge is 1.97. The highest BCUT2D eigenvalue weighted by molar-refractivity contribution is 5.60. The van der Waals surface area contributed by atoms with Crippen molar-refractivity contribution in [3.05, 3.63) is 59.7 Å². The average molecular weight is 268 g/mol. The van der Waals surface area contributed by atoms with E-state index in [0.717, 1.165) is 16.9 Å². The van der Waals surface area contributed by atoms with Crippen LogP contribution in [0.25, 0.3) is 0 Å². The molecule has 0 atom stereocenters. The van der Waals surface area contributed by atoms with Crippen molar-refractivity contribution in [3.63, 3.8) is 0 Å². The third-order valence-electron chi connectivity index (χ3n) is 3.50. The lowest BCUT2D eigenvalue weighted by Crippen LogP contribution is -1.96. The van der Waals surface area contributed by atoms with Gasteiger partial charge >= 0.3 is 0 Å². The van der Waals surface area contributed by atoms with E-state index in [1.807, 2.05) is 0 Å². The molecule has 0 aromatic heterocycles. The van der Waals surface area contributed by atoms with Crippen LogP contribution in [0.15, 0.2) is 48.5 Å². The lowest BCUT2D eigenvalue weighted by molar-refractivity contribution is 0.717. The Morgan fingerprint density at radius 2 is 1.35 bits per heavy atom. The average Bonchev–Trinajstić information content (AvgIpc) is 2.50. The highest BCUT2D eigenvalue weighted by atomic mass is 14.9. The predicted molar refractivity (Wildman–Crippen MR) is 87.3 cm³/mol. The summed E-state index contributed by atoms with van der Waals surface area (Å²) in [6.45, 7) is 2.83. The summed E-state index contributed by atoms with van der Waals surface area (Å²) in [5, 5.41) is 3.41. The maximum atomic E-state index is 5.60. The van der Waals surface area contributed by atoms with Crippen LogP contribution in [0.4, 0.5) is 11.4 Å². The Bertz CT molecular complexity index is 500. The van der Waals surface area contributed by atoms with Gasteiger partial charge in [-0.05, 0) is 48.2 Å². The minimum atomic E-state index is 0.590. The van der Waals surface area contributed by atoms with Crippen LogP contribution >= 0.6 is 0 Å². The van der Waals surface area contributed by atoms with Crippen molar-refractivity contribution in [2.24, 2.45) is 5.73 Å². The molecule has 0 radical (unpaired) electrons. The molecule has 2 heteroatoms. The number of unbranched alkanes of at least 4 members (excludes halogenated alkanes) is 2. The van der Waals surface area contributed by atoms with Crippen molar-refractivity contribution >= 4 is 11.4 Å². The fourth-order valence-electron chi connectivity index (χ4n) is 2.22. The molecular weight excluding hydrogens is 244 g/mol. The summed E-state index contributed by atoms with van der Waals surface area (Å²) < 4.78 is 0. The Morgan fingerprint density at radius 3 is 1.85 bits per heavy atom. The van der Waals surface area contributed by atoms with E-state index in [1.54, 1.807) is 0 Å². The van der Waals surface area contributed by atoms with Gasteiger partial charge in [-0.2, -0.15) is 0 Å². The summed E-state index contributed by atoms with van der Waals surface area (Å²) >= 11 is 0. The fraction of sp³-hybridized carbons (Fsp3) is 0.333. The van der Waals surface area contributed by atoms with Crippen LogP contribution < -0.4 is 11.1 Å². The van der Waals surface area contributed by atoms with E-state index >= 15 is 0 Å². The van der Waals surface area contributed by atoms with Crippen molar-refractivity contribution in [1.29, 1.82) is 0 Å². The van der Waals surface area contributed by atoms with E-state index in [-0.39, 0.29) is 0 Å². The van der Waals surface area contributed by atoms with E-state index in [0.29, 0.717) is 6.54 Å². The first-order valence-corrected chi connectivity index (χ1v) is 7.47. The maximum Gasteiger partial charge on any atom is 0.0384 e. The summed E-state index contributed by atoms with van der Waals surface area (Å²) in [4.78, 5) is 0. The SMILES string of the molecule is CCCCCc1ccc(Nc2ccc(CN)cc2)cc1. The van der Waals surface area contributed by atoms with Gasteiger partial charge in [-0.1, -0.05) is 44.0 Å². The number of nitrogens with two attached hydrogens (primary N) is 1.